The fraction of sp³-hybridized carbons (Fsp3) is 0.267. The number of aryl methyl sites for hydroxylation is 1. The van der Waals surface area contributed by atoms with Crippen LogP contribution in [-0.2, 0) is 24.2 Å². The van der Waals surface area contributed by atoms with Crippen molar-refractivity contribution in [1.29, 1.82) is 5.26 Å². The summed E-state index contributed by atoms with van der Waals surface area (Å²) in [5.74, 6) is 0.234. The van der Waals surface area contributed by atoms with E-state index in [4.69, 9.17) is 0 Å². The van der Waals surface area contributed by atoms with E-state index < -0.39 is 0 Å². The highest BCUT2D eigenvalue weighted by atomic mass is 32.1. The van der Waals surface area contributed by atoms with Gasteiger partial charge in [0.25, 0.3) is 0 Å². The zero-order chi connectivity index (χ0) is 16.5. The molecule has 3 aromatic heterocycles. The molecule has 0 saturated carbocycles. The van der Waals surface area contributed by atoms with Crippen LogP contribution in [0.15, 0.2) is 16.8 Å². The van der Waals surface area contributed by atoms with Crippen LogP contribution in [0.25, 0.3) is 11.4 Å². The summed E-state index contributed by atoms with van der Waals surface area (Å²) in [6, 6.07) is 4.12. The molecule has 3 aromatic rings. The number of aromatic nitrogens is 4. The smallest absolute Gasteiger partial charge is 0.248 e. The van der Waals surface area contributed by atoms with Gasteiger partial charge in [-0.2, -0.15) is 21.4 Å². The number of thiophene rings is 2. The van der Waals surface area contributed by atoms with Crippen LogP contribution in [0.5, 0.6) is 0 Å². The molecule has 3 heterocycles. The predicted octanol–water partition coefficient (Wildman–Crippen LogP) is 2.46. The average molecular weight is 356 g/mol. The van der Waals surface area contributed by atoms with E-state index in [2.05, 4.69) is 26.8 Å². The van der Waals surface area contributed by atoms with E-state index >= 15 is 0 Å². The van der Waals surface area contributed by atoms with Crippen molar-refractivity contribution in [2.24, 2.45) is 0 Å². The van der Waals surface area contributed by atoms with Crippen molar-refractivity contribution in [3.8, 4) is 17.5 Å². The molecule has 0 bridgehead atoms. The molecule has 0 aliphatic heterocycles. The summed E-state index contributed by atoms with van der Waals surface area (Å²) in [6.45, 7) is -0.0371. The molecule has 120 valence electrons. The fourth-order valence-corrected chi connectivity index (χ4v) is 4.61. The van der Waals surface area contributed by atoms with E-state index in [1.54, 1.807) is 11.3 Å². The van der Waals surface area contributed by atoms with Crippen LogP contribution in [0.1, 0.15) is 22.4 Å². The SMILES string of the molecule is N#Cc1c(NC(=O)Cn2nnc(-c3ccsc3)n2)sc2c1CCC2. The molecule has 1 amide bonds. The zero-order valence-corrected chi connectivity index (χ0v) is 14.2. The number of anilines is 1. The Balaban J connectivity index is 1.47. The molecular formula is C15H12N6OS2. The van der Waals surface area contributed by atoms with Crippen LogP contribution in [0.3, 0.4) is 0 Å². The van der Waals surface area contributed by atoms with Gasteiger partial charge in [-0.3, -0.25) is 4.79 Å². The monoisotopic (exact) mass is 356 g/mol. The number of hydrogen-bond acceptors (Lipinski definition) is 7. The average Bonchev–Trinajstić information content (AvgIpc) is 3.31. The van der Waals surface area contributed by atoms with Gasteiger partial charge in [-0.15, -0.1) is 21.5 Å². The summed E-state index contributed by atoms with van der Waals surface area (Å²) in [6.07, 6.45) is 2.98. The van der Waals surface area contributed by atoms with Gasteiger partial charge >= 0.3 is 0 Å². The highest BCUT2D eigenvalue weighted by Crippen LogP contribution is 2.38. The molecule has 1 N–H and O–H groups in total. The largest absolute Gasteiger partial charge is 0.315 e. The van der Waals surface area contributed by atoms with Gasteiger partial charge in [0, 0.05) is 15.8 Å². The lowest BCUT2D eigenvalue weighted by atomic mass is 10.1. The Labute approximate surface area is 145 Å². The molecule has 0 fully saturated rings. The van der Waals surface area contributed by atoms with Crippen molar-refractivity contribution < 1.29 is 4.79 Å². The number of rotatable bonds is 4. The van der Waals surface area contributed by atoms with Crippen molar-refractivity contribution in [3.63, 3.8) is 0 Å². The highest BCUT2D eigenvalue weighted by molar-refractivity contribution is 7.16. The van der Waals surface area contributed by atoms with Gasteiger partial charge in [-0.1, -0.05) is 0 Å². The standard InChI is InChI=1S/C15H12N6OS2/c16-6-11-10-2-1-3-12(10)24-15(11)17-13(22)7-21-19-14(18-20-21)9-4-5-23-8-9/h4-5,8H,1-3,7H2,(H,17,22). The Hall–Kier alpha value is -2.57. The molecular weight excluding hydrogens is 344 g/mol. The van der Waals surface area contributed by atoms with E-state index in [0.717, 1.165) is 30.4 Å². The lowest BCUT2D eigenvalue weighted by Crippen LogP contribution is -2.20. The predicted molar refractivity (Wildman–Crippen MR) is 90.8 cm³/mol. The lowest BCUT2D eigenvalue weighted by Gasteiger charge is -2.03. The fourth-order valence-electron chi connectivity index (χ4n) is 2.72. The van der Waals surface area contributed by atoms with Gasteiger partial charge in [0.1, 0.15) is 17.6 Å². The van der Waals surface area contributed by atoms with E-state index in [0.29, 0.717) is 16.4 Å². The Morgan fingerprint density at radius 2 is 2.38 bits per heavy atom. The molecule has 0 saturated heterocycles. The number of hydrogen-bond donors (Lipinski definition) is 1. The number of fused-ring (bicyclic) bond motifs is 1. The molecule has 24 heavy (non-hydrogen) atoms. The molecule has 7 nitrogen and oxygen atoms in total. The summed E-state index contributed by atoms with van der Waals surface area (Å²) in [5.41, 5.74) is 2.58. The van der Waals surface area contributed by atoms with E-state index in [1.807, 2.05) is 16.8 Å². The maximum absolute atomic E-state index is 12.2. The van der Waals surface area contributed by atoms with Gasteiger partial charge < -0.3 is 5.32 Å². The van der Waals surface area contributed by atoms with Crippen LogP contribution in [0, 0.1) is 11.3 Å². The van der Waals surface area contributed by atoms with Crippen molar-refractivity contribution in [2.75, 3.05) is 5.32 Å². The molecule has 0 aromatic carbocycles. The Morgan fingerprint density at radius 1 is 1.46 bits per heavy atom. The quantitative estimate of drug-likeness (QED) is 0.774. The van der Waals surface area contributed by atoms with E-state index in [9.17, 15) is 10.1 Å². The van der Waals surface area contributed by atoms with Gasteiger partial charge in [-0.05, 0) is 41.5 Å². The number of nitriles is 1. The lowest BCUT2D eigenvalue weighted by molar-refractivity contribution is -0.117. The third-order valence-electron chi connectivity index (χ3n) is 3.80. The van der Waals surface area contributed by atoms with Gasteiger partial charge in [0.2, 0.25) is 11.7 Å². The minimum absolute atomic E-state index is 0.0371. The number of nitrogens with one attached hydrogen (secondary N) is 1. The number of carbonyl (C=O) groups is 1. The molecule has 0 atom stereocenters. The summed E-state index contributed by atoms with van der Waals surface area (Å²) >= 11 is 3.05. The third-order valence-corrected chi connectivity index (χ3v) is 5.69. The van der Waals surface area contributed by atoms with Gasteiger partial charge in [0.15, 0.2) is 0 Å². The summed E-state index contributed by atoms with van der Waals surface area (Å²) < 4.78 is 0. The minimum Gasteiger partial charge on any atom is -0.315 e. The molecule has 1 aliphatic rings. The first kappa shape index (κ1) is 15.0. The zero-order valence-electron chi connectivity index (χ0n) is 12.5. The summed E-state index contributed by atoms with van der Waals surface area (Å²) in [7, 11) is 0. The van der Waals surface area contributed by atoms with Crippen molar-refractivity contribution in [2.45, 2.75) is 25.8 Å². The summed E-state index contributed by atoms with van der Waals surface area (Å²) in [4.78, 5) is 14.7. The number of tetrazole rings is 1. The third kappa shape index (κ3) is 2.70. The van der Waals surface area contributed by atoms with Crippen LogP contribution < -0.4 is 5.32 Å². The maximum atomic E-state index is 12.2. The van der Waals surface area contributed by atoms with E-state index in [1.165, 1.54) is 21.0 Å². The van der Waals surface area contributed by atoms with Crippen molar-refractivity contribution >= 4 is 33.6 Å². The van der Waals surface area contributed by atoms with Crippen LogP contribution >= 0.6 is 22.7 Å². The second-order valence-corrected chi connectivity index (χ2v) is 7.26. The number of amides is 1. The Kier molecular flexibility index (Phi) is 3.84. The first-order valence-electron chi connectivity index (χ1n) is 7.39. The highest BCUT2D eigenvalue weighted by Gasteiger charge is 2.23. The van der Waals surface area contributed by atoms with Gasteiger partial charge in [0.05, 0.1) is 5.56 Å². The van der Waals surface area contributed by atoms with Crippen LogP contribution in [0.2, 0.25) is 0 Å². The molecule has 0 spiro atoms. The molecule has 4 rings (SSSR count). The number of nitrogens with zero attached hydrogens (tertiary/aromatic N) is 5. The maximum Gasteiger partial charge on any atom is 0.248 e. The van der Waals surface area contributed by atoms with Crippen LogP contribution in [0.4, 0.5) is 5.00 Å². The first-order chi connectivity index (χ1) is 11.7. The second kappa shape index (κ2) is 6.14. The van der Waals surface area contributed by atoms with Crippen molar-refractivity contribution in [1.82, 2.24) is 20.2 Å². The van der Waals surface area contributed by atoms with Crippen molar-refractivity contribution in [3.05, 3.63) is 32.8 Å². The molecule has 0 unspecified atom stereocenters. The molecule has 1 aliphatic carbocycles. The Bertz CT molecular complexity index is 934. The Morgan fingerprint density at radius 3 is 3.17 bits per heavy atom. The normalized spacial score (nSPS) is 12.8. The van der Waals surface area contributed by atoms with E-state index in [-0.39, 0.29) is 12.5 Å². The van der Waals surface area contributed by atoms with Crippen LogP contribution in [-0.4, -0.2) is 26.1 Å². The minimum atomic E-state index is -0.263. The first-order valence-corrected chi connectivity index (χ1v) is 9.15. The topological polar surface area (TPSA) is 96.5 Å². The molecule has 9 heteroatoms. The second-order valence-electron chi connectivity index (χ2n) is 5.38. The summed E-state index contributed by atoms with van der Waals surface area (Å²) in [5, 5.41) is 28.7. The molecule has 0 radical (unpaired) electrons. The number of carbonyl (C=O) groups excluding carboxylic acids is 1. The van der Waals surface area contributed by atoms with Gasteiger partial charge in [-0.25, -0.2) is 0 Å².